The minimum atomic E-state index is -0.938. The van der Waals surface area contributed by atoms with Gasteiger partial charge in [-0.3, -0.25) is 24.6 Å². The molecule has 3 aromatic carbocycles. The Morgan fingerprint density at radius 3 is 2.32 bits per heavy atom. The molecule has 1 aliphatic rings. The average molecular weight is 458 g/mol. The first-order valence-electron chi connectivity index (χ1n) is 10.5. The molecule has 8 nitrogen and oxygen atoms in total. The van der Waals surface area contributed by atoms with Gasteiger partial charge >= 0.3 is 0 Å². The molecule has 0 bridgehead atoms. The molecule has 1 fully saturated rings. The molecule has 0 saturated carbocycles. The molecule has 1 aliphatic heterocycles. The van der Waals surface area contributed by atoms with Gasteiger partial charge in [-0.2, -0.15) is 0 Å². The molecule has 0 aromatic heterocycles. The first kappa shape index (κ1) is 22.7. The molecular formula is C26H22N2O6. The molecule has 0 radical (unpaired) electrons. The van der Waals surface area contributed by atoms with Crippen LogP contribution in [0.4, 0.5) is 11.4 Å². The van der Waals surface area contributed by atoms with Gasteiger partial charge in [0.2, 0.25) is 0 Å². The summed E-state index contributed by atoms with van der Waals surface area (Å²) < 4.78 is 5.22. The van der Waals surface area contributed by atoms with Crippen molar-refractivity contribution in [1.82, 2.24) is 0 Å². The van der Waals surface area contributed by atoms with Gasteiger partial charge in [-0.25, -0.2) is 0 Å². The number of aliphatic hydroxyl groups excluding tert-OH is 1. The van der Waals surface area contributed by atoms with Crippen LogP contribution in [0, 0.1) is 24.0 Å². The maximum Gasteiger partial charge on any atom is 0.300 e. The van der Waals surface area contributed by atoms with Gasteiger partial charge in [0.25, 0.3) is 17.4 Å². The third kappa shape index (κ3) is 3.90. The summed E-state index contributed by atoms with van der Waals surface area (Å²) in [6.45, 7) is 3.84. The number of ketones is 1. The second kappa shape index (κ2) is 8.82. The summed E-state index contributed by atoms with van der Waals surface area (Å²) in [6.07, 6.45) is 0. The number of benzene rings is 3. The second-order valence-corrected chi connectivity index (χ2v) is 8.02. The minimum Gasteiger partial charge on any atom is -0.507 e. The summed E-state index contributed by atoms with van der Waals surface area (Å²) in [7, 11) is 1.53. The standard InChI is InChI=1S/C26H22N2O6/c1-15-7-10-19(13-16(15)2)27-23(17-8-11-21(34-3)12-9-17)22(25(30)26(27)31)24(29)18-5-4-6-20(14-18)28(32)33/h4-14,23,29H,1-3H3/b24-22-. The zero-order valence-corrected chi connectivity index (χ0v) is 18.8. The highest BCUT2D eigenvalue weighted by atomic mass is 16.6. The SMILES string of the molecule is COc1ccc(C2/C(=C(/O)c3cccc([N+](=O)[O-])c3)C(=O)C(=O)N2c2ccc(C)c(C)c2)cc1. The predicted molar refractivity (Wildman–Crippen MR) is 127 cm³/mol. The summed E-state index contributed by atoms with van der Waals surface area (Å²) in [4.78, 5) is 38.4. The Morgan fingerprint density at radius 2 is 1.71 bits per heavy atom. The molecule has 1 atom stereocenters. The number of carbonyl (C=O) groups is 2. The first-order chi connectivity index (χ1) is 16.2. The number of non-ortho nitro benzene ring substituents is 1. The van der Waals surface area contributed by atoms with Crippen molar-refractivity contribution in [1.29, 1.82) is 0 Å². The van der Waals surface area contributed by atoms with Crippen LogP contribution >= 0.6 is 0 Å². The third-order valence-corrected chi connectivity index (χ3v) is 5.98. The molecule has 1 amide bonds. The summed E-state index contributed by atoms with van der Waals surface area (Å²) in [5, 5.41) is 22.4. The number of hydrogen-bond acceptors (Lipinski definition) is 6. The molecular weight excluding hydrogens is 436 g/mol. The smallest absolute Gasteiger partial charge is 0.300 e. The van der Waals surface area contributed by atoms with Crippen LogP contribution in [0.2, 0.25) is 0 Å². The van der Waals surface area contributed by atoms with Crippen molar-refractivity contribution in [3.05, 3.63) is 105 Å². The number of carbonyl (C=O) groups excluding carboxylic acids is 2. The highest BCUT2D eigenvalue weighted by Gasteiger charge is 2.47. The lowest BCUT2D eigenvalue weighted by Gasteiger charge is -2.26. The lowest BCUT2D eigenvalue weighted by atomic mass is 9.94. The fourth-order valence-electron chi connectivity index (χ4n) is 4.00. The zero-order valence-electron chi connectivity index (χ0n) is 18.8. The van der Waals surface area contributed by atoms with Crippen LogP contribution in [0.25, 0.3) is 5.76 Å². The van der Waals surface area contributed by atoms with Crippen LogP contribution in [0.3, 0.4) is 0 Å². The van der Waals surface area contributed by atoms with Gasteiger partial charge in [-0.1, -0.05) is 30.3 Å². The summed E-state index contributed by atoms with van der Waals surface area (Å²) in [6, 6.07) is 16.6. The van der Waals surface area contributed by atoms with Crippen molar-refractivity contribution >= 4 is 28.8 Å². The van der Waals surface area contributed by atoms with Gasteiger partial charge in [-0.05, 0) is 54.8 Å². The average Bonchev–Trinajstić information content (AvgIpc) is 3.11. The number of aryl methyl sites for hydroxylation is 2. The maximum atomic E-state index is 13.2. The van der Waals surface area contributed by atoms with Crippen molar-refractivity contribution in [3.63, 3.8) is 0 Å². The van der Waals surface area contributed by atoms with Crippen LogP contribution in [0.15, 0.2) is 72.3 Å². The van der Waals surface area contributed by atoms with E-state index >= 15 is 0 Å². The zero-order chi connectivity index (χ0) is 24.6. The number of amides is 1. The number of hydrogen-bond donors (Lipinski definition) is 1. The van der Waals surface area contributed by atoms with E-state index in [-0.39, 0.29) is 16.8 Å². The summed E-state index contributed by atoms with van der Waals surface area (Å²) in [5.74, 6) is -1.56. The normalized spacial score (nSPS) is 17.1. The molecule has 1 unspecified atom stereocenters. The van der Waals surface area contributed by atoms with E-state index in [0.717, 1.165) is 11.1 Å². The van der Waals surface area contributed by atoms with E-state index in [1.807, 2.05) is 26.0 Å². The van der Waals surface area contributed by atoms with E-state index in [1.54, 1.807) is 30.3 Å². The molecule has 1 saturated heterocycles. The van der Waals surface area contributed by atoms with E-state index in [9.17, 15) is 24.8 Å². The summed E-state index contributed by atoms with van der Waals surface area (Å²) in [5.41, 5.74) is 2.73. The molecule has 0 aliphatic carbocycles. The quantitative estimate of drug-likeness (QED) is 0.192. The first-order valence-corrected chi connectivity index (χ1v) is 10.5. The van der Waals surface area contributed by atoms with Crippen molar-refractivity contribution in [2.24, 2.45) is 0 Å². The predicted octanol–water partition coefficient (Wildman–Crippen LogP) is 4.85. The van der Waals surface area contributed by atoms with E-state index < -0.39 is 28.4 Å². The molecule has 8 heteroatoms. The number of Topliss-reactive ketones (excluding diaryl/α,β-unsaturated/α-hetero) is 1. The van der Waals surface area contributed by atoms with Gasteiger partial charge in [0, 0.05) is 23.4 Å². The van der Waals surface area contributed by atoms with Crippen LogP contribution in [0.1, 0.15) is 28.3 Å². The number of aliphatic hydroxyl groups is 1. The number of nitro groups is 1. The van der Waals surface area contributed by atoms with Gasteiger partial charge in [-0.15, -0.1) is 0 Å². The summed E-state index contributed by atoms with van der Waals surface area (Å²) >= 11 is 0. The Kier molecular flexibility index (Phi) is 5.89. The van der Waals surface area contributed by atoms with E-state index in [4.69, 9.17) is 4.74 Å². The second-order valence-electron chi connectivity index (χ2n) is 8.02. The van der Waals surface area contributed by atoms with E-state index in [0.29, 0.717) is 17.0 Å². The van der Waals surface area contributed by atoms with Crippen molar-refractivity contribution < 1.29 is 24.4 Å². The Hall–Kier alpha value is -4.46. The highest BCUT2D eigenvalue weighted by molar-refractivity contribution is 6.51. The molecule has 0 spiro atoms. The molecule has 3 aromatic rings. The van der Waals surface area contributed by atoms with Crippen LogP contribution in [-0.2, 0) is 9.59 Å². The molecule has 172 valence electrons. The van der Waals surface area contributed by atoms with Crippen molar-refractivity contribution in [3.8, 4) is 5.75 Å². The third-order valence-electron chi connectivity index (χ3n) is 5.98. The van der Waals surface area contributed by atoms with E-state index in [1.165, 1.54) is 36.3 Å². The van der Waals surface area contributed by atoms with Gasteiger partial charge in [0.05, 0.1) is 23.6 Å². The largest absolute Gasteiger partial charge is 0.507 e. The van der Waals surface area contributed by atoms with Crippen molar-refractivity contribution in [2.75, 3.05) is 12.0 Å². The number of methoxy groups -OCH3 is 1. The number of anilines is 1. The fraction of sp³-hybridized carbons (Fsp3) is 0.154. The number of rotatable bonds is 5. The van der Waals surface area contributed by atoms with Gasteiger partial charge < -0.3 is 9.84 Å². The molecule has 1 N–H and O–H groups in total. The Balaban J connectivity index is 1.95. The monoisotopic (exact) mass is 458 g/mol. The number of nitrogens with zero attached hydrogens (tertiary/aromatic N) is 2. The fourth-order valence-corrected chi connectivity index (χ4v) is 4.00. The Morgan fingerprint density at radius 1 is 1.00 bits per heavy atom. The maximum absolute atomic E-state index is 13.2. The highest BCUT2D eigenvalue weighted by Crippen LogP contribution is 2.43. The molecule has 1 heterocycles. The molecule has 34 heavy (non-hydrogen) atoms. The Bertz CT molecular complexity index is 1340. The van der Waals surface area contributed by atoms with Gasteiger partial charge in [0.1, 0.15) is 11.5 Å². The lowest BCUT2D eigenvalue weighted by molar-refractivity contribution is -0.384. The van der Waals surface area contributed by atoms with Crippen LogP contribution in [-0.4, -0.2) is 28.8 Å². The number of nitro benzene ring substituents is 1. The topological polar surface area (TPSA) is 110 Å². The minimum absolute atomic E-state index is 0.0748. The lowest BCUT2D eigenvalue weighted by Crippen LogP contribution is -2.29. The van der Waals surface area contributed by atoms with Gasteiger partial charge in [0.15, 0.2) is 0 Å². The van der Waals surface area contributed by atoms with Crippen LogP contribution in [0.5, 0.6) is 5.75 Å². The number of ether oxygens (including phenoxy) is 1. The van der Waals surface area contributed by atoms with Crippen molar-refractivity contribution in [2.45, 2.75) is 19.9 Å². The Labute approximate surface area is 195 Å². The van der Waals surface area contributed by atoms with E-state index in [2.05, 4.69) is 0 Å². The molecule has 4 rings (SSSR count). The van der Waals surface area contributed by atoms with Crippen LogP contribution < -0.4 is 9.64 Å².